The second-order valence-electron chi connectivity index (χ2n) is 6.48. The van der Waals surface area contributed by atoms with Crippen LogP contribution in [0.5, 0.6) is 11.5 Å². The number of sulfonamides is 2. The Morgan fingerprint density at radius 3 is 2.23 bits per heavy atom. The number of carbonyl (C=O) groups is 1. The maximum atomic E-state index is 13.1. The lowest BCUT2D eigenvalue weighted by molar-refractivity contribution is -0.134. The van der Waals surface area contributed by atoms with Gasteiger partial charge in [-0.1, -0.05) is 0 Å². The van der Waals surface area contributed by atoms with Gasteiger partial charge in [0.15, 0.2) is 0 Å². The number of nitrogens with zero attached hydrogens (tertiary/aromatic N) is 3. The molecule has 0 spiro atoms. The van der Waals surface area contributed by atoms with Crippen molar-refractivity contribution < 1.29 is 31.6 Å². The zero-order valence-electron chi connectivity index (χ0n) is 15.9. The molecule has 0 unspecified atom stereocenters. The average Bonchev–Trinajstić information content (AvgIpc) is 2.73. The third-order valence-corrected chi connectivity index (χ3v) is 7.68. The molecule has 1 atom stereocenters. The molecule has 0 bridgehead atoms. The summed E-state index contributed by atoms with van der Waals surface area (Å²) in [6.45, 7) is -0.771. The Morgan fingerprint density at radius 1 is 1.07 bits per heavy atom. The topological polar surface area (TPSA) is 146 Å². The number of benzene rings is 1. The SMILES string of the molecule is CS(=O)(=O)N1CCN(S(=O)(=O)c2ccc(Oc3ccncc3)cc2)[C@@H](C(=O)NO)C1. The summed E-state index contributed by atoms with van der Waals surface area (Å²) in [5.41, 5.74) is 1.41. The van der Waals surface area contributed by atoms with E-state index in [0.29, 0.717) is 11.5 Å². The van der Waals surface area contributed by atoms with Crippen LogP contribution in [-0.2, 0) is 24.8 Å². The second-order valence-corrected chi connectivity index (χ2v) is 10.4. The number of piperazine rings is 1. The van der Waals surface area contributed by atoms with Gasteiger partial charge >= 0.3 is 0 Å². The molecule has 2 aromatic rings. The third kappa shape index (κ3) is 4.76. The van der Waals surface area contributed by atoms with Crippen molar-refractivity contribution in [2.24, 2.45) is 0 Å². The van der Waals surface area contributed by atoms with Gasteiger partial charge in [-0.2, -0.15) is 8.61 Å². The van der Waals surface area contributed by atoms with E-state index in [2.05, 4.69) is 4.98 Å². The predicted octanol–water partition coefficient (Wildman–Crippen LogP) is 0.0138. The Balaban J connectivity index is 1.85. The number of hydrogen-bond donors (Lipinski definition) is 2. The van der Waals surface area contributed by atoms with Crippen LogP contribution in [0.25, 0.3) is 0 Å². The summed E-state index contributed by atoms with van der Waals surface area (Å²) in [7, 11) is -7.79. The van der Waals surface area contributed by atoms with Crippen molar-refractivity contribution in [2.45, 2.75) is 10.9 Å². The van der Waals surface area contributed by atoms with Crippen molar-refractivity contribution in [2.75, 3.05) is 25.9 Å². The minimum atomic E-state index is -4.15. The van der Waals surface area contributed by atoms with Crippen molar-refractivity contribution in [3.05, 3.63) is 48.8 Å². The minimum Gasteiger partial charge on any atom is -0.457 e. The molecular formula is C17H20N4O7S2. The Bertz CT molecular complexity index is 1110. The molecular weight excluding hydrogens is 436 g/mol. The molecule has 1 aromatic heterocycles. The molecule has 3 rings (SSSR count). The number of carbonyl (C=O) groups excluding carboxylic acids is 1. The quantitative estimate of drug-likeness (QED) is 0.457. The van der Waals surface area contributed by atoms with Crippen molar-refractivity contribution in [1.29, 1.82) is 0 Å². The maximum Gasteiger partial charge on any atom is 0.263 e. The van der Waals surface area contributed by atoms with Crippen molar-refractivity contribution in [1.82, 2.24) is 19.1 Å². The van der Waals surface area contributed by atoms with Crippen LogP contribution in [0.4, 0.5) is 0 Å². The number of hydroxylamine groups is 1. The van der Waals surface area contributed by atoms with Crippen LogP contribution in [0.2, 0.25) is 0 Å². The van der Waals surface area contributed by atoms with Crippen LogP contribution in [0, 0.1) is 0 Å². The Morgan fingerprint density at radius 2 is 1.67 bits per heavy atom. The number of pyridine rings is 1. The summed E-state index contributed by atoms with van der Waals surface area (Å²) in [5, 5.41) is 9.00. The minimum absolute atomic E-state index is 0.104. The summed E-state index contributed by atoms with van der Waals surface area (Å²) in [6.07, 6.45) is 4.07. The van der Waals surface area contributed by atoms with E-state index in [0.717, 1.165) is 14.9 Å². The van der Waals surface area contributed by atoms with Crippen LogP contribution in [-0.4, -0.2) is 73.5 Å². The van der Waals surface area contributed by atoms with Crippen molar-refractivity contribution in [3.8, 4) is 11.5 Å². The highest BCUT2D eigenvalue weighted by Crippen LogP contribution is 2.26. The molecule has 2 N–H and O–H groups in total. The maximum absolute atomic E-state index is 13.1. The highest BCUT2D eigenvalue weighted by Gasteiger charge is 2.42. The van der Waals surface area contributed by atoms with Gasteiger partial charge < -0.3 is 4.74 Å². The molecule has 30 heavy (non-hydrogen) atoms. The smallest absolute Gasteiger partial charge is 0.263 e. The number of ether oxygens (including phenoxy) is 1. The summed E-state index contributed by atoms with van der Waals surface area (Å²) >= 11 is 0. The first kappa shape index (κ1) is 22.1. The molecule has 11 nitrogen and oxygen atoms in total. The average molecular weight is 457 g/mol. The van der Waals surface area contributed by atoms with E-state index in [1.807, 2.05) is 0 Å². The zero-order chi connectivity index (χ0) is 21.9. The Kier molecular flexibility index (Phi) is 6.38. The lowest BCUT2D eigenvalue weighted by Crippen LogP contribution is -2.60. The van der Waals surface area contributed by atoms with Gasteiger partial charge in [0.05, 0.1) is 11.2 Å². The van der Waals surface area contributed by atoms with Gasteiger partial charge in [0.25, 0.3) is 5.91 Å². The van der Waals surface area contributed by atoms with Crippen LogP contribution in [0.1, 0.15) is 0 Å². The zero-order valence-corrected chi connectivity index (χ0v) is 17.5. The Labute approximate surface area is 174 Å². The highest BCUT2D eigenvalue weighted by atomic mass is 32.2. The molecule has 1 aliphatic heterocycles. The lowest BCUT2D eigenvalue weighted by Gasteiger charge is -2.38. The molecule has 0 radical (unpaired) electrons. The van der Waals surface area contributed by atoms with Gasteiger partial charge in [-0.15, -0.1) is 0 Å². The molecule has 1 fully saturated rings. The van der Waals surface area contributed by atoms with E-state index < -0.39 is 38.5 Å². The largest absolute Gasteiger partial charge is 0.457 e. The molecule has 0 aliphatic carbocycles. The van der Waals surface area contributed by atoms with Crippen LogP contribution in [0.3, 0.4) is 0 Å². The summed E-state index contributed by atoms with van der Waals surface area (Å²) in [4.78, 5) is 15.8. The fourth-order valence-electron chi connectivity index (χ4n) is 2.98. The van der Waals surface area contributed by atoms with E-state index >= 15 is 0 Å². The molecule has 2 heterocycles. The first-order valence-electron chi connectivity index (χ1n) is 8.72. The van der Waals surface area contributed by atoms with Gasteiger partial charge in [-0.05, 0) is 36.4 Å². The van der Waals surface area contributed by atoms with Crippen LogP contribution >= 0.6 is 0 Å². The van der Waals surface area contributed by atoms with Gasteiger partial charge in [-0.3, -0.25) is 15.0 Å². The number of nitrogens with one attached hydrogen (secondary N) is 1. The second kappa shape index (κ2) is 8.65. The number of amides is 1. The molecule has 1 aliphatic rings. The molecule has 13 heteroatoms. The third-order valence-electron chi connectivity index (χ3n) is 4.49. The fraction of sp³-hybridized carbons (Fsp3) is 0.294. The van der Waals surface area contributed by atoms with Crippen molar-refractivity contribution >= 4 is 26.0 Å². The normalized spacial score (nSPS) is 18.7. The van der Waals surface area contributed by atoms with Crippen LogP contribution in [0.15, 0.2) is 53.7 Å². The van der Waals surface area contributed by atoms with Gasteiger partial charge in [0.1, 0.15) is 17.5 Å². The summed E-state index contributed by atoms with van der Waals surface area (Å²) < 4.78 is 57.3. The summed E-state index contributed by atoms with van der Waals surface area (Å²) in [5.74, 6) is -0.103. The first-order chi connectivity index (χ1) is 14.1. The van der Waals surface area contributed by atoms with E-state index in [1.54, 1.807) is 24.5 Å². The molecule has 0 saturated carbocycles. The monoisotopic (exact) mass is 456 g/mol. The number of hydrogen-bond acceptors (Lipinski definition) is 8. The molecule has 162 valence electrons. The number of aromatic nitrogens is 1. The molecule has 1 amide bonds. The van der Waals surface area contributed by atoms with E-state index in [-0.39, 0.29) is 18.0 Å². The standard InChI is InChI=1S/C17H20N4O7S2/c1-29(24,25)20-10-11-21(16(12-20)17(22)19-23)30(26,27)15-4-2-13(3-5-15)28-14-6-8-18-9-7-14/h2-9,16,23H,10-12H2,1H3,(H,19,22)/t16-/m1/s1. The lowest BCUT2D eigenvalue weighted by atomic mass is 10.2. The van der Waals surface area contributed by atoms with Gasteiger partial charge in [0, 0.05) is 32.0 Å². The van der Waals surface area contributed by atoms with Gasteiger partial charge in [-0.25, -0.2) is 22.3 Å². The van der Waals surface area contributed by atoms with Gasteiger partial charge in [0.2, 0.25) is 20.0 Å². The van der Waals surface area contributed by atoms with E-state index in [4.69, 9.17) is 9.94 Å². The predicted molar refractivity (Wildman–Crippen MR) is 105 cm³/mol. The Hall–Kier alpha value is -2.58. The molecule has 1 aromatic carbocycles. The summed E-state index contributed by atoms with van der Waals surface area (Å²) in [6, 6.07) is 7.43. The van der Waals surface area contributed by atoms with E-state index in [1.165, 1.54) is 29.7 Å². The van der Waals surface area contributed by atoms with Crippen LogP contribution < -0.4 is 10.2 Å². The van der Waals surface area contributed by atoms with Crippen molar-refractivity contribution in [3.63, 3.8) is 0 Å². The highest BCUT2D eigenvalue weighted by molar-refractivity contribution is 7.89. The molecule has 1 saturated heterocycles. The number of rotatable bonds is 6. The van der Waals surface area contributed by atoms with E-state index in [9.17, 15) is 21.6 Å². The first-order valence-corrected chi connectivity index (χ1v) is 12.0. The fourth-order valence-corrected chi connectivity index (χ4v) is 5.37.